The number of benzene rings is 2. The van der Waals surface area contributed by atoms with E-state index in [-0.39, 0.29) is 17.5 Å². The third-order valence-electron chi connectivity index (χ3n) is 4.86. The summed E-state index contributed by atoms with van der Waals surface area (Å²) in [6.07, 6.45) is 5.32. The number of fused-ring (bicyclic) bond motifs is 1. The van der Waals surface area contributed by atoms with Crippen molar-refractivity contribution in [1.82, 2.24) is 0 Å². The highest BCUT2D eigenvalue weighted by molar-refractivity contribution is 6.05. The Morgan fingerprint density at radius 3 is 2.31 bits per heavy atom. The Hall–Kier alpha value is -3.54. The van der Waals surface area contributed by atoms with E-state index in [1.807, 2.05) is 18.2 Å². The van der Waals surface area contributed by atoms with Gasteiger partial charge in [0.1, 0.15) is 5.75 Å². The second-order valence-corrected chi connectivity index (χ2v) is 6.57. The van der Waals surface area contributed by atoms with Crippen LogP contribution in [0.15, 0.2) is 54.1 Å². The van der Waals surface area contributed by atoms with Gasteiger partial charge >= 0.3 is 5.97 Å². The number of esters is 1. The van der Waals surface area contributed by atoms with Crippen LogP contribution in [0.5, 0.6) is 17.2 Å². The molecular weight excluding hydrogens is 372 g/mol. The molecule has 0 amide bonds. The van der Waals surface area contributed by atoms with Gasteiger partial charge in [-0.3, -0.25) is 9.59 Å². The van der Waals surface area contributed by atoms with Crippen LogP contribution in [-0.4, -0.2) is 38.2 Å². The molecule has 1 atom stereocenters. The summed E-state index contributed by atoms with van der Waals surface area (Å²) in [5.41, 5.74) is 2.93. The molecule has 0 aromatic heterocycles. The number of carbonyl (C=O) groups is 2. The predicted octanol–water partition coefficient (Wildman–Crippen LogP) is 3.58. The van der Waals surface area contributed by atoms with Gasteiger partial charge in [-0.2, -0.15) is 0 Å². The van der Waals surface area contributed by atoms with Crippen LogP contribution in [0.3, 0.4) is 0 Å². The highest BCUT2D eigenvalue weighted by atomic mass is 16.5. The maximum Gasteiger partial charge on any atom is 0.313 e. The van der Waals surface area contributed by atoms with E-state index in [2.05, 4.69) is 0 Å². The van der Waals surface area contributed by atoms with Crippen LogP contribution in [0.2, 0.25) is 0 Å². The van der Waals surface area contributed by atoms with Gasteiger partial charge in [-0.05, 0) is 65.6 Å². The monoisotopic (exact) mass is 394 g/mol. The van der Waals surface area contributed by atoms with Crippen molar-refractivity contribution in [2.75, 3.05) is 21.3 Å². The number of ketones is 1. The first-order valence-corrected chi connectivity index (χ1v) is 9.02. The summed E-state index contributed by atoms with van der Waals surface area (Å²) < 4.78 is 15.7. The van der Waals surface area contributed by atoms with Gasteiger partial charge in [0.15, 0.2) is 17.3 Å². The van der Waals surface area contributed by atoms with E-state index < -0.39 is 5.92 Å². The Bertz CT molecular complexity index is 985. The van der Waals surface area contributed by atoms with E-state index in [0.29, 0.717) is 29.1 Å². The van der Waals surface area contributed by atoms with Crippen molar-refractivity contribution >= 4 is 17.8 Å². The first-order valence-electron chi connectivity index (χ1n) is 9.02. The fraction of sp³-hybridized carbons (Fsp3) is 0.217. The number of phenols is 1. The molecule has 1 aliphatic carbocycles. The van der Waals surface area contributed by atoms with Crippen molar-refractivity contribution in [3.05, 3.63) is 70.8 Å². The number of hydrogen-bond acceptors (Lipinski definition) is 6. The number of hydrogen-bond donors (Lipinski definition) is 1. The minimum atomic E-state index is -0.533. The molecule has 0 unspecified atom stereocenters. The van der Waals surface area contributed by atoms with Gasteiger partial charge in [0.2, 0.25) is 0 Å². The highest BCUT2D eigenvalue weighted by Crippen LogP contribution is 2.37. The number of allylic oxidation sites excluding steroid dienone is 2. The molecule has 3 rings (SSSR count). The number of phenolic OH excluding ortho intramolecular Hbond substituents is 1. The van der Waals surface area contributed by atoms with E-state index in [9.17, 15) is 14.7 Å². The van der Waals surface area contributed by atoms with E-state index in [0.717, 1.165) is 11.1 Å². The fourth-order valence-corrected chi connectivity index (χ4v) is 3.29. The third kappa shape index (κ3) is 4.32. The van der Waals surface area contributed by atoms with Gasteiger partial charge in [0.25, 0.3) is 0 Å². The Morgan fingerprint density at radius 2 is 1.69 bits per heavy atom. The molecular formula is C23H22O6. The maximum atomic E-state index is 12.4. The lowest BCUT2D eigenvalue weighted by atomic mass is 9.82. The molecule has 0 spiro atoms. The first kappa shape index (κ1) is 20.2. The number of ether oxygens (including phenoxy) is 3. The summed E-state index contributed by atoms with van der Waals surface area (Å²) in [6.45, 7) is 0. The average Bonchev–Trinajstić information content (AvgIpc) is 2.75. The normalized spacial score (nSPS) is 15.4. The minimum Gasteiger partial charge on any atom is -0.508 e. The molecule has 29 heavy (non-hydrogen) atoms. The van der Waals surface area contributed by atoms with Gasteiger partial charge < -0.3 is 19.3 Å². The maximum absolute atomic E-state index is 12.4. The second kappa shape index (κ2) is 8.65. The number of rotatable bonds is 6. The standard InChI is InChI=1S/C23H22O6/c1-27-21-12-16-10-15(6-9-20(25)14-4-7-18(24)8-5-14)19(23(26)29-3)11-17(16)13-22(21)28-2/h4-10,12-13,19,24H,11H2,1-3H3/b9-6+/t19-/m1/s1. The molecule has 2 aromatic carbocycles. The molecule has 6 nitrogen and oxygen atoms in total. The minimum absolute atomic E-state index is 0.0901. The predicted molar refractivity (Wildman–Crippen MR) is 108 cm³/mol. The molecule has 6 heteroatoms. The zero-order valence-electron chi connectivity index (χ0n) is 16.5. The van der Waals surface area contributed by atoms with Crippen molar-refractivity contribution in [2.45, 2.75) is 6.42 Å². The second-order valence-electron chi connectivity index (χ2n) is 6.57. The summed E-state index contributed by atoms with van der Waals surface area (Å²) in [7, 11) is 4.46. The largest absolute Gasteiger partial charge is 0.508 e. The molecule has 0 saturated carbocycles. The molecule has 0 saturated heterocycles. The molecule has 0 heterocycles. The SMILES string of the molecule is COC(=O)[C@@H]1Cc2cc(OC)c(OC)cc2C=C1/C=C/C(=O)c1ccc(O)cc1. The summed E-state index contributed by atoms with van der Waals surface area (Å²) in [5.74, 6) is 0.125. The molecule has 150 valence electrons. The van der Waals surface area contributed by atoms with Gasteiger partial charge in [0, 0.05) is 5.56 Å². The molecule has 0 bridgehead atoms. The van der Waals surface area contributed by atoms with Crippen molar-refractivity contribution < 1.29 is 28.9 Å². The molecule has 1 aliphatic rings. The lowest BCUT2D eigenvalue weighted by Gasteiger charge is -2.24. The van der Waals surface area contributed by atoms with Crippen molar-refractivity contribution in [3.63, 3.8) is 0 Å². The van der Waals surface area contributed by atoms with Crippen LogP contribution in [-0.2, 0) is 16.0 Å². The summed E-state index contributed by atoms with van der Waals surface area (Å²) in [4.78, 5) is 24.8. The van der Waals surface area contributed by atoms with E-state index in [1.54, 1.807) is 32.4 Å². The lowest BCUT2D eigenvalue weighted by molar-refractivity contribution is -0.143. The Labute approximate surface area is 169 Å². The number of carbonyl (C=O) groups excluding carboxylic acids is 2. The van der Waals surface area contributed by atoms with Crippen LogP contribution in [0.1, 0.15) is 21.5 Å². The molecule has 1 N–H and O–H groups in total. The van der Waals surface area contributed by atoms with Crippen LogP contribution >= 0.6 is 0 Å². The smallest absolute Gasteiger partial charge is 0.313 e. The van der Waals surface area contributed by atoms with Gasteiger partial charge in [-0.1, -0.05) is 12.2 Å². The van der Waals surface area contributed by atoms with E-state index >= 15 is 0 Å². The van der Waals surface area contributed by atoms with Crippen LogP contribution < -0.4 is 9.47 Å². The highest BCUT2D eigenvalue weighted by Gasteiger charge is 2.28. The van der Waals surface area contributed by atoms with Gasteiger partial charge in [-0.15, -0.1) is 0 Å². The summed E-state index contributed by atoms with van der Waals surface area (Å²) in [6, 6.07) is 9.69. The molecule has 0 radical (unpaired) electrons. The van der Waals surface area contributed by atoms with Crippen LogP contribution in [0.4, 0.5) is 0 Å². The van der Waals surface area contributed by atoms with E-state index in [4.69, 9.17) is 14.2 Å². The number of aromatic hydroxyl groups is 1. The molecule has 0 aliphatic heterocycles. The van der Waals surface area contributed by atoms with Crippen molar-refractivity contribution in [1.29, 1.82) is 0 Å². The van der Waals surface area contributed by atoms with E-state index in [1.165, 1.54) is 25.3 Å². The third-order valence-corrected chi connectivity index (χ3v) is 4.86. The zero-order valence-corrected chi connectivity index (χ0v) is 16.5. The quantitative estimate of drug-likeness (QED) is 0.458. The molecule has 0 fully saturated rings. The first-order chi connectivity index (χ1) is 14.0. The Kier molecular flexibility index (Phi) is 6.02. The Morgan fingerprint density at radius 1 is 1.03 bits per heavy atom. The fourth-order valence-electron chi connectivity index (χ4n) is 3.29. The zero-order chi connectivity index (χ0) is 21.0. The molecule has 2 aromatic rings. The lowest BCUT2D eigenvalue weighted by Crippen LogP contribution is -2.23. The Balaban J connectivity index is 1.97. The topological polar surface area (TPSA) is 82.1 Å². The summed E-state index contributed by atoms with van der Waals surface area (Å²) in [5, 5.41) is 9.36. The summed E-state index contributed by atoms with van der Waals surface area (Å²) >= 11 is 0. The van der Waals surface area contributed by atoms with Crippen molar-refractivity contribution in [2.24, 2.45) is 5.92 Å². The van der Waals surface area contributed by atoms with Crippen LogP contribution in [0, 0.1) is 5.92 Å². The van der Waals surface area contributed by atoms with Crippen LogP contribution in [0.25, 0.3) is 6.08 Å². The van der Waals surface area contributed by atoms with Gasteiger partial charge in [-0.25, -0.2) is 0 Å². The average molecular weight is 394 g/mol. The van der Waals surface area contributed by atoms with Gasteiger partial charge in [0.05, 0.1) is 27.2 Å². The number of methoxy groups -OCH3 is 3. The van der Waals surface area contributed by atoms with Crippen molar-refractivity contribution in [3.8, 4) is 17.2 Å².